The van der Waals surface area contributed by atoms with E-state index >= 15 is 0 Å². The molecule has 1 heterocycles. The molecule has 1 aromatic heterocycles. The summed E-state index contributed by atoms with van der Waals surface area (Å²) in [5.74, 6) is -1.50. The Morgan fingerprint density at radius 1 is 1.62 bits per heavy atom. The van der Waals surface area contributed by atoms with Gasteiger partial charge in [-0.3, -0.25) is 4.79 Å². The predicted octanol–water partition coefficient (Wildman–Crippen LogP) is -0.201. The van der Waals surface area contributed by atoms with Crippen molar-refractivity contribution in [1.82, 2.24) is 4.98 Å². The normalized spacial score (nSPS) is 14.5. The van der Waals surface area contributed by atoms with Crippen molar-refractivity contribution in [3.8, 4) is 0 Å². The third-order valence-corrected chi connectivity index (χ3v) is 2.20. The molecule has 0 spiro atoms. The highest BCUT2D eigenvalue weighted by molar-refractivity contribution is 5.74. The summed E-state index contributed by atoms with van der Waals surface area (Å²) in [7, 11) is 0. The van der Waals surface area contributed by atoms with Crippen molar-refractivity contribution in [2.24, 2.45) is 5.73 Å². The van der Waals surface area contributed by atoms with Gasteiger partial charge in [-0.2, -0.15) is 4.39 Å². The smallest absolute Gasteiger partial charge is 0.220 e. The molecule has 6 heteroatoms. The van der Waals surface area contributed by atoms with Crippen LogP contribution in [0.2, 0.25) is 0 Å². The van der Waals surface area contributed by atoms with E-state index in [1.54, 1.807) is 6.92 Å². The van der Waals surface area contributed by atoms with Gasteiger partial charge in [0.15, 0.2) is 0 Å². The number of aryl methyl sites for hydroxylation is 1. The fourth-order valence-corrected chi connectivity index (χ4v) is 1.36. The number of aromatic nitrogens is 1. The Morgan fingerprint density at radius 3 is 2.81 bits per heavy atom. The van der Waals surface area contributed by atoms with Crippen LogP contribution < -0.4 is 5.73 Å². The summed E-state index contributed by atoms with van der Waals surface area (Å²) >= 11 is 0. The molecule has 16 heavy (non-hydrogen) atoms. The van der Waals surface area contributed by atoms with Crippen LogP contribution in [0, 0.1) is 12.9 Å². The van der Waals surface area contributed by atoms with E-state index in [2.05, 4.69) is 4.98 Å². The quantitative estimate of drug-likeness (QED) is 0.622. The summed E-state index contributed by atoms with van der Waals surface area (Å²) in [4.78, 5) is 14.0. The van der Waals surface area contributed by atoms with E-state index in [1.165, 1.54) is 6.20 Å². The first-order valence-corrected chi connectivity index (χ1v) is 4.68. The monoisotopic (exact) mass is 228 g/mol. The molecule has 4 N–H and O–H groups in total. The van der Waals surface area contributed by atoms with E-state index in [0.717, 1.165) is 6.07 Å². The van der Waals surface area contributed by atoms with Gasteiger partial charge in [0.2, 0.25) is 11.9 Å². The van der Waals surface area contributed by atoms with Gasteiger partial charge in [-0.05, 0) is 24.1 Å². The van der Waals surface area contributed by atoms with Crippen LogP contribution in [0.15, 0.2) is 12.3 Å². The van der Waals surface area contributed by atoms with Crippen LogP contribution in [0.3, 0.4) is 0 Å². The van der Waals surface area contributed by atoms with Gasteiger partial charge in [-0.25, -0.2) is 4.98 Å². The highest BCUT2D eigenvalue weighted by Gasteiger charge is 2.22. The number of nitrogens with two attached hydrogens (primary N) is 1. The van der Waals surface area contributed by atoms with E-state index in [-0.39, 0.29) is 12.0 Å². The van der Waals surface area contributed by atoms with E-state index in [0.29, 0.717) is 5.56 Å². The number of primary amides is 1. The maximum Gasteiger partial charge on any atom is 0.220 e. The molecule has 1 rings (SSSR count). The van der Waals surface area contributed by atoms with E-state index < -0.39 is 24.1 Å². The molecule has 0 fully saturated rings. The number of carbonyl (C=O) groups is 1. The number of nitrogens with zero attached hydrogens (tertiary/aromatic N) is 1. The second-order valence-electron chi connectivity index (χ2n) is 3.55. The standard InChI is InChI=1S/C10H13FN2O3/c1-5-4-13-8(11)2-6(5)10(16)7(14)3-9(12)15/h2,4,7,10,14,16H,3H2,1H3,(H2,12,15). The van der Waals surface area contributed by atoms with Crippen LogP contribution >= 0.6 is 0 Å². The molecule has 0 radical (unpaired) electrons. The maximum atomic E-state index is 12.8. The number of aliphatic hydroxyl groups excluding tert-OH is 2. The average Bonchev–Trinajstić information content (AvgIpc) is 2.19. The fourth-order valence-electron chi connectivity index (χ4n) is 1.36. The number of pyridine rings is 1. The van der Waals surface area contributed by atoms with Crippen molar-refractivity contribution < 1.29 is 19.4 Å². The largest absolute Gasteiger partial charge is 0.390 e. The second kappa shape index (κ2) is 5.00. The zero-order valence-electron chi connectivity index (χ0n) is 8.72. The molecule has 2 atom stereocenters. The molecule has 2 unspecified atom stereocenters. The number of halogens is 1. The van der Waals surface area contributed by atoms with Crippen LogP contribution in [-0.2, 0) is 4.79 Å². The van der Waals surface area contributed by atoms with E-state index in [9.17, 15) is 19.4 Å². The molecule has 0 saturated carbocycles. The Bertz CT molecular complexity index is 398. The van der Waals surface area contributed by atoms with Crippen LogP contribution in [0.1, 0.15) is 23.7 Å². The molecule has 0 bridgehead atoms. The summed E-state index contributed by atoms with van der Waals surface area (Å²) in [6, 6.07) is 1.02. The number of carbonyl (C=O) groups excluding carboxylic acids is 1. The number of hydrogen-bond donors (Lipinski definition) is 3. The topological polar surface area (TPSA) is 96.4 Å². The minimum Gasteiger partial charge on any atom is -0.390 e. The van der Waals surface area contributed by atoms with Gasteiger partial charge in [0, 0.05) is 6.20 Å². The minimum absolute atomic E-state index is 0.196. The Kier molecular flexibility index (Phi) is 3.92. The van der Waals surface area contributed by atoms with Gasteiger partial charge in [0.1, 0.15) is 6.10 Å². The highest BCUT2D eigenvalue weighted by atomic mass is 19.1. The Labute approximate surface area is 91.7 Å². The molecule has 0 saturated heterocycles. The number of aliphatic hydroxyl groups is 2. The second-order valence-corrected chi connectivity index (χ2v) is 3.55. The van der Waals surface area contributed by atoms with Crippen LogP contribution in [0.5, 0.6) is 0 Å². The SMILES string of the molecule is Cc1cnc(F)cc1C(O)C(O)CC(N)=O. The van der Waals surface area contributed by atoms with E-state index in [4.69, 9.17) is 5.73 Å². The highest BCUT2D eigenvalue weighted by Crippen LogP contribution is 2.22. The number of hydrogen-bond acceptors (Lipinski definition) is 4. The summed E-state index contributed by atoms with van der Waals surface area (Å²) in [6.07, 6.45) is -1.85. The Hall–Kier alpha value is -1.53. The summed E-state index contributed by atoms with van der Waals surface area (Å²) in [6.45, 7) is 1.61. The molecule has 1 aromatic rings. The lowest BCUT2D eigenvalue weighted by Crippen LogP contribution is -2.26. The average molecular weight is 228 g/mol. The summed E-state index contributed by atoms with van der Waals surface area (Å²) < 4.78 is 12.8. The summed E-state index contributed by atoms with van der Waals surface area (Å²) in [5.41, 5.74) is 5.60. The third kappa shape index (κ3) is 2.98. The molecule has 0 aliphatic heterocycles. The lowest BCUT2D eigenvalue weighted by molar-refractivity contribution is -0.121. The van der Waals surface area contributed by atoms with Crippen molar-refractivity contribution in [1.29, 1.82) is 0 Å². The van der Waals surface area contributed by atoms with Gasteiger partial charge in [-0.15, -0.1) is 0 Å². The van der Waals surface area contributed by atoms with Crippen LogP contribution in [-0.4, -0.2) is 27.2 Å². The van der Waals surface area contributed by atoms with Gasteiger partial charge < -0.3 is 15.9 Å². The molecular formula is C10H13FN2O3. The lowest BCUT2D eigenvalue weighted by atomic mass is 9.99. The minimum atomic E-state index is -1.36. The zero-order chi connectivity index (χ0) is 12.3. The molecular weight excluding hydrogens is 215 g/mol. The predicted molar refractivity (Wildman–Crippen MR) is 53.7 cm³/mol. The zero-order valence-corrected chi connectivity index (χ0v) is 8.72. The lowest BCUT2D eigenvalue weighted by Gasteiger charge is -2.18. The van der Waals surface area contributed by atoms with Gasteiger partial charge in [0.25, 0.3) is 0 Å². The van der Waals surface area contributed by atoms with Crippen molar-refractivity contribution in [2.45, 2.75) is 25.6 Å². The maximum absolute atomic E-state index is 12.8. The Morgan fingerprint density at radius 2 is 2.25 bits per heavy atom. The van der Waals surface area contributed by atoms with Gasteiger partial charge >= 0.3 is 0 Å². The Balaban J connectivity index is 2.90. The number of rotatable bonds is 4. The van der Waals surface area contributed by atoms with Crippen molar-refractivity contribution in [3.05, 3.63) is 29.3 Å². The third-order valence-electron chi connectivity index (χ3n) is 2.20. The molecule has 1 amide bonds. The molecule has 0 aliphatic rings. The van der Waals surface area contributed by atoms with Gasteiger partial charge in [-0.1, -0.05) is 0 Å². The van der Waals surface area contributed by atoms with Crippen molar-refractivity contribution in [2.75, 3.05) is 0 Å². The van der Waals surface area contributed by atoms with Gasteiger partial charge in [0.05, 0.1) is 12.5 Å². The van der Waals surface area contributed by atoms with E-state index in [1.807, 2.05) is 0 Å². The first kappa shape index (κ1) is 12.5. The van der Waals surface area contributed by atoms with Crippen molar-refractivity contribution >= 4 is 5.91 Å². The van der Waals surface area contributed by atoms with Crippen LogP contribution in [0.4, 0.5) is 4.39 Å². The van der Waals surface area contributed by atoms with Crippen LogP contribution in [0.25, 0.3) is 0 Å². The fraction of sp³-hybridized carbons (Fsp3) is 0.400. The van der Waals surface area contributed by atoms with Crippen molar-refractivity contribution in [3.63, 3.8) is 0 Å². The first-order valence-electron chi connectivity index (χ1n) is 4.68. The summed E-state index contributed by atoms with van der Waals surface area (Å²) in [5, 5.41) is 19.2. The molecule has 0 aromatic carbocycles. The molecule has 0 aliphatic carbocycles. The first-order chi connectivity index (χ1) is 7.41. The molecule has 5 nitrogen and oxygen atoms in total. The number of amides is 1. The molecule has 88 valence electrons.